The second-order valence-corrected chi connectivity index (χ2v) is 16.6. The van der Waals surface area contributed by atoms with Crippen molar-refractivity contribution in [3.63, 3.8) is 0 Å². The minimum atomic E-state index is -1.18. The molecule has 0 aliphatic rings. The normalized spacial score (nSPS) is 11.0. The van der Waals surface area contributed by atoms with Gasteiger partial charge in [0.1, 0.15) is 0 Å². The molecule has 272 valence electrons. The van der Waals surface area contributed by atoms with E-state index in [0.717, 1.165) is 77.0 Å². The fourth-order valence-corrected chi connectivity index (χ4v) is 10.8. The molecule has 0 saturated carbocycles. The molecule has 0 spiro atoms. The van der Waals surface area contributed by atoms with Crippen LogP contribution >= 0.6 is 7.26 Å². The van der Waals surface area contributed by atoms with Crippen molar-refractivity contribution >= 4 is 31.1 Å². The summed E-state index contributed by atoms with van der Waals surface area (Å²) in [6.07, 6.45) is 24.6. The first-order chi connectivity index (χ1) is 21.8. The van der Waals surface area contributed by atoms with Crippen LogP contribution in [-0.4, -0.2) is 75.0 Å². The lowest BCUT2D eigenvalue weighted by molar-refractivity contribution is -0.144. The van der Waals surface area contributed by atoms with E-state index in [0.29, 0.717) is 52.1 Å². The van der Waals surface area contributed by atoms with E-state index >= 15 is 0 Å². The molecule has 0 atom stereocenters. The average Bonchev–Trinajstić information content (AvgIpc) is 3.00. The first kappa shape index (κ1) is 46.9. The zero-order chi connectivity index (χ0) is 33.4. The van der Waals surface area contributed by atoms with Crippen molar-refractivity contribution in [1.82, 2.24) is 0 Å². The molecule has 0 aliphatic carbocycles. The van der Waals surface area contributed by atoms with Crippen molar-refractivity contribution in [2.45, 2.75) is 156 Å². The standard InChI is InChI=1S/C36H68O8P.BrH/c1-5-41-33(37)25-17-9-13-21-29-45(30-22-14-10-18-26-34(38)42-6-2,31-23-15-11-19-27-35(39)43-7-3)32-24-16-12-20-28-36(40)44-8-4;/h5-32H2,1-4H3;1H/q+1;/p-1. The lowest BCUT2D eigenvalue weighted by atomic mass is 10.1. The third kappa shape index (κ3) is 29.0. The number of halogens is 1. The van der Waals surface area contributed by atoms with E-state index in [9.17, 15) is 19.2 Å². The van der Waals surface area contributed by atoms with Crippen LogP contribution in [0.4, 0.5) is 0 Å². The molecular weight excluding hydrogens is 671 g/mol. The van der Waals surface area contributed by atoms with Gasteiger partial charge in [-0.15, -0.1) is 0 Å². The Bertz CT molecular complexity index is 639. The van der Waals surface area contributed by atoms with E-state index < -0.39 is 7.26 Å². The van der Waals surface area contributed by atoms with Gasteiger partial charge in [-0.2, -0.15) is 0 Å². The molecule has 0 heterocycles. The molecule has 0 amide bonds. The smallest absolute Gasteiger partial charge is 0.305 e. The molecular formula is C36H68BrO8P. The molecule has 0 aromatic heterocycles. The summed E-state index contributed by atoms with van der Waals surface area (Å²) in [5, 5.41) is 0. The molecule has 0 unspecified atom stereocenters. The van der Waals surface area contributed by atoms with E-state index in [4.69, 9.17) is 18.9 Å². The molecule has 0 bridgehead atoms. The van der Waals surface area contributed by atoms with Gasteiger partial charge >= 0.3 is 23.9 Å². The number of rotatable bonds is 32. The van der Waals surface area contributed by atoms with Gasteiger partial charge in [0, 0.05) is 32.9 Å². The van der Waals surface area contributed by atoms with Crippen LogP contribution in [0.5, 0.6) is 0 Å². The minimum Gasteiger partial charge on any atom is -1.00 e. The maximum atomic E-state index is 11.7. The maximum Gasteiger partial charge on any atom is 0.305 e. The Balaban J connectivity index is 0. The van der Waals surface area contributed by atoms with Crippen LogP contribution in [0, 0.1) is 0 Å². The lowest BCUT2D eigenvalue weighted by Crippen LogP contribution is -3.00. The van der Waals surface area contributed by atoms with Crippen LogP contribution in [0.3, 0.4) is 0 Å². The predicted molar refractivity (Wildman–Crippen MR) is 185 cm³/mol. The first-order valence-corrected chi connectivity index (χ1v) is 20.8. The Labute approximate surface area is 292 Å². The quantitative estimate of drug-likeness (QED) is 0.0355. The molecule has 46 heavy (non-hydrogen) atoms. The van der Waals surface area contributed by atoms with Crippen molar-refractivity contribution in [3.8, 4) is 0 Å². The topological polar surface area (TPSA) is 105 Å². The lowest BCUT2D eigenvalue weighted by Gasteiger charge is -2.28. The molecule has 8 nitrogen and oxygen atoms in total. The number of unbranched alkanes of at least 4 members (excludes halogenated alkanes) is 12. The highest BCUT2D eigenvalue weighted by Crippen LogP contribution is 2.61. The molecule has 0 fully saturated rings. The second kappa shape index (κ2) is 33.7. The molecule has 0 aromatic carbocycles. The third-order valence-corrected chi connectivity index (χ3v) is 13.3. The predicted octanol–water partition coefficient (Wildman–Crippen LogP) is 6.06. The highest BCUT2D eigenvalue weighted by atomic mass is 79.9. The molecule has 0 rings (SSSR count). The number of carbonyl (C=O) groups is 4. The number of hydrogen-bond acceptors (Lipinski definition) is 8. The average molecular weight is 740 g/mol. The van der Waals surface area contributed by atoms with Crippen LogP contribution in [0.25, 0.3) is 0 Å². The van der Waals surface area contributed by atoms with Gasteiger partial charge in [0.15, 0.2) is 0 Å². The molecule has 10 heteroatoms. The van der Waals surface area contributed by atoms with Crippen LogP contribution in [0.15, 0.2) is 0 Å². The summed E-state index contributed by atoms with van der Waals surface area (Å²) in [6.45, 7) is 9.18. The summed E-state index contributed by atoms with van der Waals surface area (Å²) in [5.41, 5.74) is 0. The van der Waals surface area contributed by atoms with Crippen molar-refractivity contribution in [2.75, 3.05) is 51.1 Å². The van der Waals surface area contributed by atoms with Gasteiger partial charge in [-0.05, 0) is 105 Å². The van der Waals surface area contributed by atoms with E-state index in [1.54, 1.807) is 0 Å². The minimum absolute atomic E-state index is 0. The molecule has 0 radical (unpaired) electrons. The zero-order valence-electron chi connectivity index (χ0n) is 29.9. The number of ether oxygens (including phenoxy) is 4. The van der Waals surface area contributed by atoms with Gasteiger partial charge in [0.05, 0.1) is 51.1 Å². The Kier molecular flexibility index (Phi) is 34.3. The fourth-order valence-electron chi connectivity index (χ4n) is 5.88. The summed E-state index contributed by atoms with van der Waals surface area (Å²) in [4.78, 5) is 46.9. The Hall–Kier alpha value is -1.21. The van der Waals surface area contributed by atoms with Crippen LogP contribution in [0.2, 0.25) is 0 Å². The fraction of sp³-hybridized carbons (Fsp3) is 0.889. The Morgan fingerprint density at radius 3 is 0.739 bits per heavy atom. The maximum absolute atomic E-state index is 11.7. The summed E-state index contributed by atoms with van der Waals surface area (Å²) in [6, 6.07) is 0. The molecule has 0 aliphatic heterocycles. The van der Waals surface area contributed by atoms with Crippen LogP contribution < -0.4 is 17.0 Å². The molecule has 0 N–H and O–H groups in total. The number of esters is 4. The van der Waals surface area contributed by atoms with Crippen LogP contribution in [-0.2, 0) is 38.1 Å². The third-order valence-electron chi connectivity index (χ3n) is 8.27. The highest BCUT2D eigenvalue weighted by molar-refractivity contribution is 7.75. The SMILES string of the molecule is CCOC(=O)CCCCCC[P+](CCCCCCC(=O)OCC)(CCCCCCC(=O)OCC)CCCCCCC(=O)OCC.[Br-]. The van der Waals surface area contributed by atoms with Gasteiger partial charge in [-0.3, -0.25) is 19.2 Å². The van der Waals surface area contributed by atoms with Gasteiger partial charge in [0.2, 0.25) is 0 Å². The van der Waals surface area contributed by atoms with E-state index in [1.807, 2.05) is 27.7 Å². The second-order valence-electron chi connectivity index (χ2n) is 12.1. The van der Waals surface area contributed by atoms with Crippen molar-refractivity contribution in [2.24, 2.45) is 0 Å². The van der Waals surface area contributed by atoms with Gasteiger partial charge in [-0.1, -0.05) is 25.7 Å². The summed E-state index contributed by atoms with van der Waals surface area (Å²) in [5.74, 6) is -0.358. The summed E-state index contributed by atoms with van der Waals surface area (Å²) >= 11 is 0. The van der Waals surface area contributed by atoms with E-state index in [-0.39, 0.29) is 40.9 Å². The number of hydrogen-bond donors (Lipinski definition) is 0. The van der Waals surface area contributed by atoms with Crippen LogP contribution in [0.1, 0.15) is 156 Å². The van der Waals surface area contributed by atoms with Gasteiger partial charge in [-0.25, -0.2) is 0 Å². The molecule has 0 saturated heterocycles. The highest BCUT2D eigenvalue weighted by Gasteiger charge is 2.35. The number of carbonyl (C=O) groups excluding carboxylic acids is 4. The van der Waals surface area contributed by atoms with Crippen molar-refractivity contribution in [1.29, 1.82) is 0 Å². The summed E-state index contributed by atoms with van der Waals surface area (Å²) < 4.78 is 20.3. The van der Waals surface area contributed by atoms with Crippen molar-refractivity contribution < 1.29 is 55.1 Å². The Morgan fingerprint density at radius 2 is 0.543 bits per heavy atom. The summed E-state index contributed by atoms with van der Waals surface area (Å²) in [7, 11) is -1.18. The van der Waals surface area contributed by atoms with Crippen molar-refractivity contribution in [3.05, 3.63) is 0 Å². The van der Waals surface area contributed by atoms with Gasteiger partial charge < -0.3 is 35.9 Å². The van der Waals surface area contributed by atoms with Gasteiger partial charge in [0.25, 0.3) is 0 Å². The van der Waals surface area contributed by atoms with E-state index in [1.165, 1.54) is 50.3 Å². The monoisotopic (exact) mass is 738 g/mol. The molecule has 0 aromatic rings. The van der Waals surface area contributed by atoms with E-state index in [2.05, 4.69) is 0 Å². The zero-order valence-corrected chi connectivity index (χ0v) is 32.4. The first-order valence-electron chi connectivity index (χ1n) is 18.3. The Morgan fingerprint density at radius 1 is 0.348 bits per heavy atom. The largest absolute Gasteiger partial charge is 1.00 e.